The van der Waals surface area contributed by atoms with Gasteiger partial charge >= 0.3 is 0 Å². The Morgan fingerprint density at radius 1 is 0.971 bits per heavy atom. The van der Waals surface area contributed by atoms with E-state index in [2.05, 4.69) is 9.71 Å². The molecule has 0 bridgehead atoms. The second-order valence-corrected chi connectivity index (χ2v) is 10.3. The van der Waals surface area contributed by atoms with Crippen molar-refractivity contribution in [3.05, 3.63) is 90.5 Å². The fraction of sp³-hybridized carbons (Fsp3) is 0.0769. The Kier molecular flexibility index (Phi) is 6.19. The monoisotopic (exact) mass is 504 g/mol. The zero-order valence-electron chi connectivity index (χ0n) is 18.6. The summed E-state index contributed by atoms with van der Waals surface area (Å²) < 4.78 is 39.0. The van der Waals surface area contributed by atoms with Gasteiger partial charge in [-0.15, -0.1) is 0 Å². The Hall–Kier alpha value is -3.82. The summed E-state index contributed by atoms with van der Waals surface area (Å²) in [5.41, 5.74) is 1.86. The number of aromatic nitrogens is 1. The molecule has 1 heterocycles. The van der Waals surface area contributed by atoms with Crippen molar-refractivity contribution in [2.45, 2.75) is 10.1 Å². The standard InChI is InChI=1S/C26H20N2O5S2/c1-32-21-10-8-20(9-11-21)28-35(30,31)22-12-13-25-23(15-22)27-26(33-25)34-16-24(29)19-7-6-17-4-2-3-5-18(17)14-19/h2-15,28H,16H2,1H3. The van der Waals surface area contributed by atoms with Crippen LogP contribution in [0.4, 0.5) is 5.69 Å². The molecule has 1 N–H and O–H groups in total. The highest BCUT2D eigenvalue weighted by Gasteiger charge is 2.18. The Morgan fingerprint density at radius 2 is 1.74 bits per heavy atom. The predicted molar refractivity (Wildman–Crippen MR) is 137 cm³/mol. The first-order valence-electron chi connectivity index (χ1n) is 10.6. The number of carbonyl (C=O) groups excluding carboxylic acids is 1. The van der Waals surface area contributed by atoms with Crippen molar-refractivity contribution in [2.75, 3.05) is 17.6 Å². The molecular formula is C26H20N2O5S2. The Balaban J connectivity index is 1.30. The molecule has 0 aliphatic heterocycles. The summed E-state index contributed by atoms with van der Waals surface area (Å²) in [7, 11) is -2.29. The molecule has 35 heavy (non-hydrogen) atoms. The highest BCUT2D eigenvalue weighted by Crippen LogP contribution is 2.27. The van der Waals surface area contributed by atoms with Gasteiger partial charge in [-0.1, -0.05) is 48.2 Å². The van der Waals surface area contributed by atoms with Crippen molar-refractivity contribution in [3.8, 4) is 5.75 Å². The first kappa shape index (κ1) is 22.9. The van der Waals surface area contributed by atoms with Gasteiger partial charge in [0.25, 0.3) is 15.2 Å². The first-order chi connectivity index (χ1) is 16.9. The van der Waals surface area contributed by atoms with Gasteiger partial charge in [0.05, 0.1) is 17.8 Å². The Labute approximate surface area is 206 Å². The number of rotatable bonds is 8. The van der Waals surface area contributed by atoms with E-state index in [1.807, 2.05) is 42.5 Å². The van der Waals surface area contributed by atoms with Crippen molar-refractivity contribution in [3.63, 3.8) is 0 Å². The van der Waals surface area contributed by atoms with Crippen LogP contribution in [0.25, 0.3) is 21.9 Å². The highest BCUT2D eigenvalue weighted by atomic mass is 32.2. The van der Waals surface area contributed by atoms with Gasteiger partial charge in [-0.25, -0.2) is 13.4 Å². The smallest absolute Gasteiger partial charge is 0.261 e. The van der Waals surface area contributed by atoms with Crippen LogP contribution >= 0.6 is 11.8 Å². The number of carbonyl (C=O) groups is 1. The van der Waals surface area contributed by atoms with E-state index in [-0.39, 0.29) is 16.4 Å². The van der Waals surface area contributed by atoms with Crippen LogP contribution in [0.3, 0.4) is 0 Å². The number of anilines is 1. The van der Waals surface area contributed by atoms with E-state index in [4.69, 9.17) is 9.15 Å². The van der Waals surface area contributed by atoms with Gasteiger partial charge in [-0.2, -0.15) is 0 Å². The molecule has 4 aromatic carbocycles. The summed E-state index contributed by atoms with van der Waals surface area (Å²) in [5, 5.41) is 2.37. The van der Waals surface area contributed by atoms with E-state index in [1.54, 1.807) is 30.3 Å². The van der Waals surface area contributed by atoms with Crippen LogP contribution < -0.4 is 9.46 Å². The van der Waals surface area contributed by atoms with Gasteiger partial charge < -0.3 is 9.15 Å². The lowest BCUT2D eigenvalue weighted by Crippen LogP contribution is -2.12. The molecule has 176 valence electrons. The zero-order valence-corrected chi connectivity index (χ0v) is 20.2. The molecule has 0 unspecified atom stereocenters. The van der Waals surface area contributed by atoms with Crippen LogP contribution in [-0.2, 0) is 10.0 Å². The number of ether oxygens (including phenoxy) is 1. The van der Waals surface area contributed by atoms with Crippen LogP contribution in [-0.4, -0.2) is 32.0 Å². The number of Topliss-reactive ketones (excluding diaryl/α,β-unsaturated/α-hetero) is 1. The van der Waals surface area contributed by atoms with Gasteiger partial charge in [0.15, 0.2) is 11.4 Å². The average Bonchev–Trinajstić information content (AvgIpc) is 3.29. The molecular weight excluding hydrogens is 484 g/mol. The third kappa shape index (κ3) is 5.01. The van der Waals surface area contributed by atoms with Crippen LogP contribution in [0, 0.1) is 0 Å². The largest absolute Gasteiger partial charge is 0.497 e. The molecule has 0 saturated carbocycles. The van der Waals surface area contributed by atoms with Crippen LogP contribution in [0.2, 0.25) is 0 Å². The second kappa shape index (κ2) is 9.44. The summed E-state index contributed by atoms with van der Waals surface area (Å²) in [4.78, 5) is 17.1. The number of sulfonamides is 1. The lowest BCUT2D eigenvalue weighted by atomic mass is 10.1. The molecule has 0 spiro atoms. The SMILES string of the molecule is COc1ccc(NS(=O)(=O)c2ccc3oc(SCC(=O)c4ccc5ccccc5c4)nc3c2)cc1. The number of benzene rings is 4. The van der Waals surface area contributed by atoms with Crippen LogP contribution in [0.1, 0.15) is 10.4 Å². The summed E-state index contributed by atoms with van der Waals surface area (Å²) in [6.07, 6.45) is 0. The highest BCUT2D eigenvalue weighted by molar-refractivity contribution is 7.99. The van der Waals surface area contributed by atoms with Crippen molar-refractivity contribution in [2.24, 2.45) is 0 Å². The number of oxazole rings is 1. The third-order valence-corrected chi connectivity index (χ3v) is 7.60. The molecule has 1 aromatic heterocycles. The number of thioether (sulfide) groups is 1. The molecule has 7 nitrogen and oxygen atoms in total. The summed E-state index contributed by atoms with van der Waals surface area (Å²) >= 11 is 1.17. The molecule has 0 fully saturated rings. The number of methoxy groups -OCH3 is 1. The average molecular weight is 505 g/mol. The number of nitrogens with zero attached hydrogens (tertiary/aromatic N) is 1. The number of hydrogen-bond acceptors (Lipinski definition) is 7. The molecule has 5 rings (SSSR count). The maximum absolute atomic E-state index is 12.8. The van der Waals surface area contributed by atoms with Crippen molar-refractivity contribution in [1.82, 2.24) is 4.98 Å². The quantitative estimate of drug-likeness (QED) is 0.212. The minimum absolute atomic E-state index is 0.0463. The number of nitrogens with one attached hydrogen (secondary N) is 1. The van der Waals surface area contributed by atoms with E-state index in [0.29, 0.717) is 33.3 Å². The van der Waals surface area contributed by atoms with E-state index >= 15 is 0 Å². The van der Waals surface area contributed by atoms with E-state index in [9.17, 15) is 13.2 Å². The number of ketones is 1. The molecule has 0 aliphatic rings. The van der Waals surface area contributed by atoms with Gasteiger partial charge in [0.1, 0.15) is 11.3 Å². The second-order valence-electron chi connectivity index (χ2n) is 7.72. The van der Waals surface area contributed by atoms with Crippen LogP contribution in [0.15, 0.2) is 99.5 Å². The molecule has 0 atom stereocenters. The first-order valence-corrected chi connectivity index (χ1v) is 13.1. The van der Waals surface area contributed by atoms with E-state index in [0.717, 1.165) is 10.8 Å². The molecule has 0 amide bonds. The van der Waals surface area contributed by atoms with Crippen molar-refractivity contribution < 1.29 is 22.4 Å². The number of hydrogen-bond donors (Lipinski definition) is 1. The molecule has 9 heteroatoms. The van der Waals surface area contributed by atoms with Gasteiger partial charge in [-0.05, 0) is 59.3 Å². The van der Waals surface area contributed by atoms with Gasteiger partial charge in [0, 0.05) is 11.3 Å². The molecule has 5 aromatic rings. The topological polar surface area (TPSA) is 98.5 Å². The van der Waals surface area contributed by atoms with Gasteiger partial charge in [-0.3, -0.25) is 9.52 Å². The van der Waals surface area contributed by atoms with Crippen LogP contribution in [0.5, 0.6) is 5.75 Å². The number of fused-ring (bicyclic) bond motifs is 2. The minimum Gasteiger partial charge on any atom is -0.497 e. The van der Waals surface area contributed by atoms with E-state index < -0.39 is 10.0 Å². The fourth-order valence-electron chi connectivity index (χ4n) is 3.56. The Bertz CT molecular complexity index is 1640. The minimum atomic E-state index is -3.83. The maximum atomic E-state index is 12.8. The molecule has 0 radical (unpaired) electrons. The lowest BCUT2D eigenvalue weighted by Gasteiger charge is -2.08. The Morgan fingerprint density at radius 3 is 2.51 bits per heavy atom. The molecule has 0 saturated heterocycles. The van der Waals surface area contributed by atoms with Gasteiger partial charge in [0.2, 0.25) is 0 Å². The normalized spacial score (nSPS) is 11.6. The summed E-state index contributed by atoms with van der Waals surface area (Å²) in [5.74, 6) is 0.728. The summed E-state index contributed by atoms with van der Waals surface area (Å²) in [6.45, 7) is 0. The zero-order chi connectivity index (χ0) is 24.4. The van der Waals surface area contributed by atoms with Crippen molar-refractivity contribution in [1.29, 1.82) is 0 Å². The predicted octanol–water partition coefficient (Wildman–Crippen LogP) is 5.77. The van der Waals surface area contributed by atoms with E-state index in [1.165, 1.54) is 31.0 Å². The fourth-order valence-corrected chi connectivity index (χ4v) is 5.37. The summed E-state index contributed by atoms with van der Waals surface area (Å²) in [6, 6.07) is 24.5. The lowest BCUT2D eigenvalue weighted by molar-refractivity contribution is 0.102. The van der Waals surface area contributed by atoms with Crippen molar-refractivity contribution >= 4 is 55.1 Å². The molecule has 0 aliphatic carbocycles. The maximum Gasteiger partial charge on any atom is 0.261 e. The third-order valence-electron chi connectivity index (χ3n) is 5.39.